The van der Waals surface area contributed by atoms with Crippen molar-refractivity contribution in [1.29, 1.82) is 0 Å². The maximum Gasteiger partial charge on any atom is 0.0500 e. The zero-order chi connectivity index (χ0) is 13.3. The van der Waals surface area contributed by atoms with Crippen LogP contribution in [0, 0.1) is 0 Å². The summed E-state index contributed by atoms with van der Waals surface area (Å²) in [6.07, 6.45) is 2.49. The van der Waals surface area contributed by atoms with E-state index in [1.54, 1.807) is 0 Å². The second kappa shape index (κ2) is 9.83. The van der Waals surface area contributed by atoms with Crippen molar-refractivity contribution < 1.29 is 0 Å². The van der Waals surface area contributed by atoms with E-state index in [1.165, 1.54) is 39.0 Å². The third-order valence-electron chi connectivity index (χ3n) is 2.77. The molecule has 0 aliphatic carbocycles. The summed E-state index contributed by atoms with van der Waals surface area (Å²) in [6, 6.07) is 0. The molecular formula is C13H32N4. The number of nitrogens with zero attached hydrogens (tertiary/aromatic N) is 4. The molecule has 0 amide bonds. The van der Waals surface area contributed by atoms with E-state index in [4.69, 9.17) is 0 Å². The number of hydrogen-bond donors (Lipinski definition) is 0. The third-order valence-corrected chi connectivity index (χ3v) is 2.77. The Kier molecular flexibility index (Phi) is 9.74. The summed E-state index contributed by atoms with van der Waals surface area (Å²) < 4.78 is 0. The summed E-state index contributed by atoms with van der Waals surface area (Å²) in [5.74, 6) is 0. The monoisotopic (exact) mass is 244 g/mol. The van der Waals surface area contributed by atoms with Crippen LogP contribution in [0.5, 0.6) is 0 Å². The van der Waals surface area contributed by atoms with Gasteiger partial charge in [-0.05, 0) is 68.2 Å². The molecule has 0 saturated carbocycles. The molecule has 104 valence electrons. The molecule has 0 rings (SSSR count). The Morgan fingerprint density at radius 1 is 0.529 bits per heavy atom. The van der Waals surface area contributed by atoms with Crippen LogP contribution in [0.3, 0.4) is 0 Å². The van der Waals surface area contributed by atoms with Gasteiger partial charge >= 0.3 is 0 Å². The highest BCUT2D eigenvalue weighted by Gasteiger charge is 2.03. The highest BCUT2D eigenvalue weighted by atomic mass is 15.3. The molecule has 17 heavy (non-hydrogen) atoms. The van der Waals surface area contributed by atoms with Gasteiger partial charge in [0.25, 0.3) is 0 Å². The van der Waals surface area contributed by atoms with E-state index in [-0.39, 0.29) is 0 Å². The van der Waals surface area contributed by atoms with E-state index >= 15 is 0 Å². The van der Waals surface area contributed by atoms with Crippen molar-refractivity contribution in [2.45, 2.75) is 12.8 Å². The SMILES string of the molecule is CN(C)CCCN(C)CN(C)CCCN(C)C. The molecule has 0 N–H and O–H groups in total. The first-order valence-corrected chi connectivity index (χ1v) is 6.58. The molecule has 0 bridgehead atoms. The average Bonchev–Trinajstić information content (AvgIpc) is 2.15. The quantitative estimate of drug-likeness (QED) is 0.525. The van der Waals surface area contributed by atoms with Crippen molar-refractivity contribution in [2.24, 2.45) is 0 Å². The van der Waals surface area contributed by atoms with Crippen LogP contribution >= 0.6 is 0 Å². The molecular weight excluding hydrogens is 212 g/mol. The molecule has 0 aromatic rings. The van der Waals surface area contributed by atoms with Crippen LogP contribution in [0.1, 0.15) is 12.8 Å². The molecule has 0 fully saturated rings. The molecule has 0 spiro atoms. The lowest BCUT2D eigenvalue weighted by Gasteiger charge is -2.25. The normalized spacial score (nSPS) is 12.4. The van der Waals surface area contributed by atoms with Crippen LogP contribution in [-0.4, -0.2) is 94.7 Å². The topological polar surface area (TPSA) is 13.0 Å². The zero-order valence-corrected chi connectivity index (χ0v) is 12.7. The fraction of sp³-hybridized carbons (Fsp3) is 1.00. The lowest BCUT2D eigenvalue weighted by Crippen LogP contribution is -2.35. The molecule has 0 unspecified atom stereocenters. The predicted octanol–water partition coefficient (Wildman–Crippen LogP) is 0.711. The van der Waals surface area contributed by atoms with Crippen LogP contribution in [0.25, 0.3) is 0 Å². The van der Waals surface area contributed by atoms with Crippen molar-refractivity contribution in [3.8, 4) is 0 Å². The van der Waals surface area contributed by atoms with E-state index in [1.807, 2.05) is 0 Å². The minimum atomic E-state index is 1.07. The smallest absolute Gasteiger partial charge is 0.0500 e. The van der Waals surface area contributed by atoms with E-state index in [0.29, 0.717) is 0 Å². The molecule has 0 aromatic heterocycles. The van der Waals surface area contributed by atoms with Gasteiger partial charge in [-0.25, -0.2) is 0 Å². The van der Waals surface area contributed by atoms with E-state index < -0.39 is 0 Å². The van der Waals surface area contributed by atoms with Gasteiger partial charge in [-0.15, -0.1) is 0 Å². The fourth-order valence-electron chi connectivity index (χ4n) is 1.87. The van der Waals surface area contributed by atoms with Crippen LogP contribution in [0.15, 0.2) is 0 Å². The summed E-state index contributed by atoms with van der Waals surface area (Å²) in [4.78, 5) is 9.29. The van der Waals surface area contributed by atoms with Crippen LogP contribution in [-0.2, 0) is 0 Å². The van der Waals surface area contributed by atoms with Gasteiger partial charge in [0.05, 0.1) is 6.67 Å². The lowest BCUT2D eigenvalue weighted by molar-refractivity contribution is 0.172. The summed E-state index contributed by atoms with van der Waals surface area (Å²) in [5.41, 5.74) is 0. The molecule has 0 aliphatic heterocycles. The van der Waals surface area contributed by atoms with E-state index in [2.05, 4.69) is 61.9 Å². The van der Waals surface area contributed by atoms with Crippen LogP contribution < -0.4 is 0 Å². The van der Waals surface area contributed by atoms with Crippen molar-refractivity contribution in [3.05, 3.63) is 0 Å². The van der Waals surface area contributed by atoms with Crippen molar-refractivity contribution in [2.75, 3.05) is 75.1 Å². The fourth-order valence-corrected chi connectivity index (χ4v) is 1.87. The standard InChI is InChI=1S/C13H32N4/c1-14(2)9-7-11-16(5)13-17(6)12-8-10-15(3)4/h7-13H2,1-6H3. The Balaban J connectivity index is 3.48. The van der Waals surface area contributed by atoms with E-state index in [0.717, 1.165) is 6.67 Å². The van der Waals surface area contributed by atoms with Crippen LogP contribution in [0.4, 0.5) is 0 Å². The predicted molar refractivity (Wildman–Crippen MR) is 76.5 cm³/mol. The Morgan fingerprint density at radius 3 is 1.18 bits per heavy atom. The zero-order valence-electron chi connectivity index (χ0n) is 12.7. The van der Waals surface area contributed by atoms with Crippen LogP contribution in [0.2, 0.25) is 0 Å². The minimum absolute atomic E-state index is 1.07. The first-order chi connectivity index (χ1) is 7.91. The van der Waals surface area contributed by atoms with Gasteiger partial charge < -0.3 is 9.80 Å². The highest BCUT2D eigenvalue weighted by Crippen LogP contribution is 1.94. The Hall–Kier alpha value is -0.160. The maximum atomic E-state index is 2.40. The first kappa shape index (κ1) is 16.8. The largest absolute Gasteiger partial charge is 0.309 e. The molecule has 0 atom stereocenters. The van der Waals surface area contributed by atoms with Gasteiger partial charge in [-0.1, -0.05) is 0 Å². The molecule has 0 radical (unpaired) electrons. The molecule has 0 saturated heterocycles. The third kappa shape index (κ3) is 12.1. The summed E-state index contributed by atoms with van der Waals surface area (Å²) >= 11 is 0. The minimum Gasteiger partial charge on any atom is -0.309 e. The molecule has 0 heterocycles. The van der Waals surface area contributed by atoms with Gasteiger partial charge in [0.15, 0.2) is 0 Å². The highest BCUT2D eigenvalue weighted by molar-refractivity contribution is 4.56. The van der Waals surface area contributed by atoms with Gasteiger partial charge in [0.2, 0.25) is 0 Å². The first-order valence-electron chi connectivity index (χ1n) is 6.58. The lowest BCUT2D eigenvalue weighted by atomic mass is 10.3. The maximum absolute atomic E-state index is 2.40. The molecule has 0 aromatic carbocycles. The Bertz CT molecular complexity index is 153. The van der Waals surface area contributed by atoms with Gasteiger partial charge in [0.1, 0.15) is 0 Å². The summed E-state index contributed by atoms with van der Waals surface area (Å²) in [5, 5.41) is 0. The number of hydrogen-bond acceptors (Lipinski definition) is 4. The average molecular weight is 244 g/mol. The van der Waals surface area contributed by atoms with Crippen molar-refractivity contribution >= 4 is 0 Å². The summed E-state index contributed by atoms with van der Waals surface area (Å²) in [6.45, 7) is 5.77. The number of rotatable bonds is 10. The summed E-state index contributed by atoms with van der Waals surface area (Å²) in [7, 11) is 12.9. The second-order valence-corrected chi connectivity index (χ2v) is 5.61. The molecule has 4 heteroatoms. The van der Waals surface area contributed by atoms with E-state index in [9.17, 15) is 0 Å². The van der Waals surface area contributed by atoms with Gasteiger partial charge in [-0.3, -0.25) is 9.80 Å². The Morgan fingerprint density at radius 2 is 0.882 bits per heavy atom. The van der Waals surface area contributed by atoms with Gasteiger partial charge in [0, 0.05) is 13.1 Å². The second-order valence-electron chi connectivity index (χ2n) is 5.61. The molecule has 4 nitrogen and oxygen atoms in total. The molecule has 0 aliphatic rings. The van der Waals surface area contributed by atoms with Crippen molar-refractivity contribution in [3.63, 3.8) is 0 Å². The Labute approximate surface area is 108 Å². The van der Waals surface area contributed by atoms with Gasteiger partial charge in [-0.2, -0.15) is 0 Å². The van der Waals surface area contributed by atoms with Crippen molar-refractivity contribution in [1.82, 2.24) is 19.6 Å².